The number of hydrazine groups is 1. The van der Waals surface area contributed by atoms with Crippen LogP contribution in [0.2, 0.25) is 0 Å². The summed E-state index contributed by atoms with van der Waals surface area (Å²) in [6.45, 7) is 3.12. The number of carboxylic acids is 1. The van der Waals surface area contributed by atoms with E-state index in [4.69, 9.17) is 5.11 Å². The van der Waals surface area contributed by atoms with Crippen LogP contribution in [0, 0.1) is 5.92 Å². The maximum Gasteiger partial charge on any atom is 0.308 e. The molecule has 1 rings (SSSR count). The number of nitrogens with zero attached hydrogens (tertiary/aromatic N) is 2. The van der Waals surface area contributed by atoms with Crippen molar-refractivity contribution in [3.8, 4) is 0 Å². The van der Waals surface area contributed by atoms with E-state index in [9.17, 15) is 4.79 Å². The molecule has 0 radical (unpaired) electrons. The molecule has 4 heteroatoms. The lowest BCUT2D eigenvalue weighted by Crippen LogP contribution is -2.36. The summed E-state index contributed by atoms with van der Waals surface area (Å²) in [5.74, 6) is -1.07. The van der Waals surface area contributed by atoms with Crippen molar-refractivity contribution in [3.63, 3.8) is 0 Å². The number of hydrogen-bond acceptors (Lipinski definition) is 3. The summed E-state index contributed by atoms with van der Waals surface area (Å²) >= 11 is 0. The molecule has 4 nitrogen and oxygen atoms in total. The summed E-state index contributed by atoms with van der Waals surface area (Å²) in [5, 5.41) is 12.6. The quantitative estimate of drug-likeness (QED) is 0.665. The third-order valence-corrected chi connectivity index (χ3v) is 1.97. The van der Waals surface area contributed by atoms with Crippen LogP contribution in [0.25, 0.3) is 0 Å². The second kappa shape index (κ2) is 3.58. The van der Waals surface area contributed by atoms with Crippen molar-refractivity contribution in [1.82, 2.24) is 10.0 Å². The number of carboxylic acid groups (broad SMARTS) is 1. The minimum atomic E-state index is -0.747. The summed E-state index contributed by atoms with van der Waals surface area (Å²) in [5.41, 5.74) is 0. The van der Waals surface area contributed by atoms with E-state index in [2.05, 4.69) is 0 Å². The Hall–Kier alpha value is -1.03. The van der Waals surface area contributed by atoms with Crippen molar-refractivity contribution in [2.45, 2.75) is 6.92 Å². The van der Waals surface area contributed by atoms with Gasteiger partial charge in [0, 0.05) is 26.3 Å². The maximum atomic E-state index is 10.5. The zero-order valence-corrected chi connectivity index (χ0v) is 7.40. The Labute approximate surface area is 72.0 Å². The van der Waals surface area contributed by atoms with E-state index >= 15 is 0 Å². The smallest absolute Gasteiger partial charge is 0.308 e. The molecule has 1 aliphatic rings. The van der Waals surface area contributed by atoms with Gasteiger partial charge in [0.15, 0.2) is 0 Å². The molecule has 0 bridgehead atoms. The normalized spacial score (nSPS) is 20.0. The minimum absolute atomic E-state index is 0.324. The fraction of sp³-hybridized carbons (Fsp3) is 0.625. The summed E-state index contributed by atoms with van der Waals surface area (Å²) in [6.07, 6.45) is 3.92. The largest absolute Gasteiger partial charge is 0.481 e. The molecule has 1 unspecified atom stereocenters. The molecule has 0 fully saturated rings. The molecule has 12 heavy (non-hydrogen) atoms. The molecule has 0 aliphatic carbocycles. The maximum absolute atomic E-state index is 10.5. The van der Waals surface area contributed by atoms with Crippen LogP contribution < -0.4 is 0 Å². The van der Waals surface area contributed by atoms with Gasteiger partial charge in [-0.15, -0.1) is 0 Å². The number of hydrogen-bond donors (Lipinski definition) is 1. The van der Waals surface area contributed by atoms with Crippen LogP contribution in [0.4, 0.5) is 0 Å². The van der Waals surface area contributed by atoms with Crippen LogP contribution in [0.1, 0.15) is 6.92 Å². The van der Waals surface area contributed by atoms with Crippen LogP contribution in [-0.4, -0.2) is 41.2 Å². The van der Waals surface area contributed by atoms with E-state index in [-0.39, 0.29) is 5.92 Å². The zero-order chi connectivity index (χ0) is 9.14. The first-order valence-electron chi connectivity index (χ1n) is 3.98. The van der Waals surface area contributed by atoms with Crippen molar-refractivity contribution >= 4 is 5.97 Å². The van der Waals surface area contributed by atoms with E-state index in [1.807, 2.05) is 29.3 Å². The second-order valence-electron chi connectivity index (χ2n) is 3.09. The number of rotatable bonds is 3. The fourth-order valence-corrected chi connectivity index (χ4v) is 1.10. The molecule has 0 aromatic carbocycles. The summed E-state index contributed by atoms with van der Waals surface area (Å²) in [4.78, 5) is 10.5. The molecule has 1 heterocycles. The van der Waals surface area contributed by atoms with Gasteiger partial charge in [-0.25, -0.2) is 5.01 Å². The van der Waals surface area contributed by atoms with Crippen LogP contribution in [0.15, 0.2) is 12.3 Å². The van der Waals surface area contributed by atoms with Gasteiger partial charge in [0.05, 0.1) is 5.92 Å². The predicted octanol–water partition coefficient (Wildman–Crippen LogP) is 0.383. The molecule has 0 amide bonds. The standard InChI is InChI=1S/C8H14N2O2/c1-7(8(11)12)6-10-5-3-4-9(10)2/h3,5,7H,4,6H2,1-2H3,(H,11,12). The van der Waals surface area contributed by atoms with Gasteiger partial charge >= 0.3 is 5.97 Å². The van der Waals surface area contributed by atoms with E-state index in [1.54, 1.807) is 6.92 Å². The molecule has 0 aromatic rings. The first-order valence-corrected chi connectivity index (χ1v) is 3.98. The Kier molecular flexibility index (Phi) is 2.70. The SMILES string of the molecule is CC(CN1C=CCN1C)C(=O)O. The molecule has 0 saturated carbocycles. The van der Waals surface area contributed by atoms with Gasteiger partial charge in [0.25, 0.3) is 0 Å². The van der Waals surface area contributed by atoms with Crippen LogP contribution in [0.5, 0.6) is 0 Å². The highest BCUT2D eigenvalue weighted by Crippen LogP contribution is 2.08. The Bertz CT molecular complexity index is 203. The van der Waals surface area contributed by atoms with Crippen molar-refractivity contribution in [2.75, 3.05) is 20.1 Å². The highest BCUT2D eigenvalue weighted by atomic mass is 16.4. The molecule has 0 saturated heterocycles. The van der Waals surface area contributed by atoms with Gasteiger partial charge in [0.1, 0.15) is 0 Å². The molecule has 68 valence electrons. The second-order valence-corrected chi connectivity index (χ2v) is 3.09. The first kappa shape index (κ1) is 9.06. The van der Waals surface area contributed by atoms with Gasteiger partial charge in [-0.3, -0.25) is 4.79 Å². The average Bonchev–Trinajstić information content (AvgIpc) is 2.36. The molecule has 0 aromatic heterocycles. The Morgan fingerprint density at radius 3 is 2.83 bits per heavy atom. The van der Waals surface area contributed by atoms with Gasteiger partial charge in [-0.1, -0.05) is 13.0 Å². The van der Waals surface area contributed by atoms with Crippen molar-refractivity contribution in [1.29, 1.82) is 0 Å². The molecule has 1 atom stereocenters. The highest BCUT2D eigenvalue weighted by molar-refractivity contribution is 5.69. The highest BCUT2D eigenvalue weighted by Gasteiger charge is 2.18. The Morgan fingerprint density at radius 2 is 2.42 bits per heavy atom. The molecule has 0 spiro atoms. The Morgan fingerprint density at radius 1 is 1.75 bits per heavy atom. The van der Waals surface area contributed by atoms with Gasteiger partial charge in [-0.05, 0) is 0 Å². The zero-order valence-electron chi connectivity index (χ0n) is 7.40. The predicted molar refractivity (Wildman–Crippen MR) is 45.3 cm³/mol. The van der Waals surface area contributed by atoms with Crippen LogP contribution in [0.3, 0.4) is 0 Å². The van der Waals surface area contributed by atoms with E-state index in [0.717, 1.165) is 6.54 Å². The van der Waals surface area contributed by atoms with E-state index < -0.39 is 5.97 Å². The van der Waals surface area contributed by atoms with E-state index in [1.165, 1.54) is 0 Å². The van der Waals surface area contributed by atoms with Crippen LogP contribution >= 0.6 is 0 Å². The summed E-state index contributed by atoms with van der Waals surface area (Å²) in [7, 11) is 1.94. The number of carbonyl (C=O) groups is 1. The lowest BCUT2D eigenvalue weighted by atomic mass is 10.2. The monoisotopic (exact) mass is 170 g/mol. The summed E-state index contributed by atoms with van der Waals surface area (Å²) in [6, 6.07) is 0. The van der Waals surface area contributed by atoms with E-state index in [0.29, 0.717) is 6.54 Å². The topological polar surface area (TPSA) is 43.8 Å². The van der Waals surface area contributed by atoms with Gasteiger partial charge in [-0.2, -0.15) is 0 Å². The Balaban J connectivity index is 2.40. The minimum Gasteiger partial charge on any atom is -0.481 e. The molecular formula is C8H14N2O2. The molecule has 1 N–H and O–H groups in total. The third-order valence-electron chi connectivity index (χ3n) is 1.97. The van der Waals surface area contributed by atoms with Crippen LogP contribution in [-0.2, 0) is 4.79 Å². The first-order chi connectivity index (χ1) is 5.61. The number of aliphatic carboxylic acids is 1. The third kappa shape index (κ3) is 1.98. The lowest BCUT2D eigenvalue weighted by molar-refractivity contribution is -0.142. The van der Waals surface area contributed by atoms with Gasteiger partial charge in [0.2, 0.25) is 0 Å². The molecule has 1 aliphatic heterocycles. The molecular weight excluding hydrogens is 156 g/mol. The van der Waals surface area contributed by atoms with Crippen molar-refractivity contribution in [3.05, 3.63) is 12.3 Å². The number of likely N-dealkylation sites (N-methyl/N-ethyl adjacent to an activating group) is 1. The van der Waals surface area contributed by atoms with Crippen molar-refractivity contribution in [2.24, 2.45) is 5.92 Å². The summed E-state index contributed by atoms with van der Waals surface area (Å²) < 4.78 is 0. The van der Waals surface area contributed by atoms with Crippen molar-refractivity contribution < 1.29 is 9.90 Å². The van der Waals surface area contributed by atoms with Gasteiger partial charge < -0.3 is 10.1 Å². The fourth-order valence-electron chi connectivity index (χ4n) is 1.10. The lowest BCUT2D eigenvalue weighted by Gasteiger charge is -2.26. The average molecular weight is 170 g/mol.